The first-order valence-electron chi connectivity index (χ1n) is 8.95. The Morgan fingerprint density at radius 3 is 2.17 bits per heavy atom. The number of carbonyl (C=O) groups is 2. The molecule has 132 valence electrons. The second-order valence-electron chi connectivity index (χ2n) is 7.29. The number of hydrogen-bond donors (Lipinski definition) is 2. The van der Waals surface area contributed by atoms with Crippen molar-refractivity contribution >= 4 is 24.2 Å². The maximum absolute atomic E-state index is 12.6. The van der Waals surface area contributed by atoms with Crippen molar-refractivity contribution in [1.29, 1.82) is 0 Å². The van der Waals surface area contributed by atoms with Gasteiger partial charge in [0.1, 0.15) is 6.04 Å². The maximum Gasteiger partial charge on any atom is 0.244 e. The van der Waals surface area contributed by atoms with Crippen molar-refractivity contribution in [3.05, 3.63) is 0 Å². The van der Waals surface area contributed by atoms with Gasteiger partial charge in [-0.25, -0.2) is 0 Å². The lowest BCUT2D eigenvalue weighted by atomic mass is 9.92. The van der Waals surface area contributed by atoms with Crippen LogP contribution in [0.15, 0.2) is 0 Å². The van der Waals surface area contributed by atoms with Crippen LogP contribution in [0.25, 0.3) is 0 Å². The zero-order valence-electron chi connectivity index (χ0n) is 14.1. The Kier molecular flexibility index (Phi) is 6.72. The van der Waals surface area contributed by atoms with E-state index in [9.17, 15) is 9.59 Å². The second-order valence-corrected chi connectivity index (χ2v) is 7.29. The molecule has 0 radical (unpaired) electrons. The summed E-state index contributed by atoms with van der Waals surface area (Å²) in [6.07, 6.45) is 6.42. The number of fused-ring (bicyclic) bond motifs is 1. The molecule has 0 aromatic heterocycles. The van der Waals surface area contributed by atoms with Crippen molar-refractivity contribution in [1.82, 2.24) is 15.5 Å². The van der Waals surface area contributed by atoms with E-state index in [1.54, 1.807) is 0 Å². The molecular formula is C17H30ClN3O2. The van der Waals surface area contributed by atoms with Crippen molar-refractivity contribution in [2.75, 3.05) is 26.2 Å². The molecule has 6 heteroatoms. The number of nitrogens with zero attached hydrogens (tertiary/aromatic N) is 1. The fourth-order valence-corrected chi connectivity index (χ4v) is 4.29. The van der Waals surface area contributed by atoms with Crippen LogP contribution in [-0.2, 0) is 9.59 Å². The van der Waals surface area contributed by atoms with Gasteiger partial charge in [0.25, 0.3) is 0 Å². The van der Waals surface area contributed by atoms with E-state index in [1.807, 2.05) is 11.8 Å². The summed E-state index contributed by atoms with van der Waals surface area (Å²) in [5.41, 5.74) is 0. The summed E-state index contributed by atoms with van der Waals surface area (Å²) < 4.78 is 0. The average molecular weight is 344 g/mol. The molecular weight excluding hydrogens is 314 g/mol. The summed E-state index contributed by atoms with van der Waals surface area (Å²) in [5.74, 6) is 1.75. The van der Waals surface area contributed by atoms with Gasteiger partial charge in [-0.15, -0.1) is 12.4 Å². The molecule has 2 aliphatic heterocycles. The Morgan fingerprint density at radius 2 is 1.61 bits per heavy atom. The lowest BCUT2D eigenvalue weighted by Crippen LogP contribution is -2.48. The molecule has 5 nitrogen and oxygen atoms in total. The van der Waals surface area contributed by atoms with Gasteiger partial charge < -0.3 is 15.5 Å². The van der Waals surface area contributed by atoms with E-state index >= 15 is 0 Å². The summed E-state index contributed by atoms with van der Waals surface area (Å²) in [6.45, 7) is 5.71. The Hall–Kier alpha value is -0.810. The molecule has 2 heterocycles. The number of halogens is 1. The third kappa shape index (κ3) is 4.38. The van der Waals surface area contributed by atoms with Crippen LogP contribution in [-0.4, -0.2) is 48.9 Å². The molecule has 3 fully saturated rings. The molecule has 2 saturated heterocycles. The zero-order chi connectivity index (χ0) is 15.5. The van der Waals surface area contributed by atoms with E-state index in [0.29, 0.717) is 0 Å². The minimum atomic E-state index is -0.385. The minimum Gasteiger partial charge on any atom is -0.344 e. The van der Waals surface area contributed by atoms with Crippen molar-refractivity contribution < 1.29 is 9.59 Å². The van der Waals surface area contributed by atoms with Gasteiger partial charge in [0.2, 0.25) is 11.8 Å². The van der Waals surface area contributed by atoms with E-state index in [0.717, 1.165) is 76.5 Å². The lowest BCUT2D eigenvalue weighted by Gasteiger charge is -2.25. The lowest BCUT2D eigenvalue weighted by molar-refractivity contribution is -0.137. The maximum atomic E-state index is 12.6. The highest BCUT2D eigenvalue weighted by atomic mass is 35.5. The summed E-state index contributed by atoms with van der Waals surface area (Å²) in [5, 5.41) is 6.40. The number of nitrogens with one attached hydrogen (secondary N) is 2. The van der Waals surface area contributed by atoms with Gasteiger partial charge in [0.15, 0.2) is 0 Å². The Balaban J connectivity index is 0.00000192. The smallest absolute Gasteiger partial charge is 0.244 e. The van der Waals surface area contributed by atoms with Crippen LogP contribution in [0.4, 0.5) is 0 Å². The van der Waals surface area contributed by atoms with Crippen molar-refractivity contribution in [3.8, 4) is 0 Å². The number of amides is 2. The number of carbonyl (C=O) groups excluding carboxylic acids is 2. The fraction of sp³-hybridized carbons (Fsp3) is 0.882. The summed E-state index contributed by atoms with van der Waals surface area (Å²) in [6, 6.07) is -0.385. The quantitative estimate of drug-likeness (QED) is 0.817. The van der Waals surface area contributed by atoms with Crippen LogP contribution in [0.2, 0.25) is 0 Å². The molecule has 1 saturated carbocycles. The molecule has 2 amide bonds. The molecule has 3 aliphatic rings. The standard InChI is InChI=1S/C17H29N3O2.ClH/c1-12(19-16(21)13-4-2-3-5-13)17(22)20-8-6-14-10-18-11-15(14)7-9-20;/h12-15,18H,2-11H2,1H3,(H,19,21);1H/t12?,14-,15+;. The van der Waals surface area contributed by atoms with E-state index in [-0.39, 0.29) is 36.2 Å². The Labute approximate surface area is 145 Å². The molecule has 3 atom stereocenters. The van der Waals surface area contributed by atoms with Crippen LogP contribution >= 0.6 is 12.4 Å². The van der Waals surface area contributed by atoms with E-state index < -0.39 is 0 Å². The SMILES string of the molecule is CC(NC(=O)C1CCCC1)C(=O)N1CC[C@@H]2CNC[C@@H]2CC1.Cl. The molecule has 23 heavy (non-hydrogen) atoms. The number of rotatable bonds is 3. The molecule has 1 unspecified atom stereocenters. The van der Waals surface area contributed by atoms with Crippen molar-refractivity contribution in [2.45, 2.75) is 51.5 Å². The third-order valence-electron chi connectivity index (χ3n) is 5.79. The van der Waals surface area contributed by atoms with Gasteiger partial charge in [-0.3, -0.25) is 9.59 Å². The zero-order valence-corrected chi connectivity index (χ0v) is 14.9. The van der Waals surface area contributed by atoms with Crippen molar-refractivity contribution in [2.24, 2.45) is 17.8 Å². The first-order valence-corrected chi connectivity index (χ1v) is 8.95. The minimum absolute atomic E-state index is 0. The van der Waals surface area contributed by atoms with Crippen LogP contribution in [0.1, 0.15) is 45.4 Å². The average Bonchev–Trinajstić information content (AvgIpc) is 3.15. The fourth-order valence-electron chi connectivity index (χ4n) is 4.29. The van der Waals surface area contributed by atoms with Gasteiger partial charge in [-0.2, -0.15) is 0 Å². The van der Waals surface area contributed by atoms with Gasteiger partial charge in [0, 0.05) is 19.0 Å². The largest absolute Gasteiger partial charge is 0.344 e. The normalized spacial score (nSPS) is 29.3. The van der Waals surface area contributed by atoms with E-state index in [2.05, 4.69) is 10.6 Å². The summed E-state index contributed by atoms with van der Waals surface area (Å²) in [4.78, 5) is 26.8. The van der Waals surface area contributed by atoms with Crippen molar-refractivity contribution in [3.63, 3.8) is 0 Å². The first kappa shape index (κ1) is 18.5. The third-order valence-corrected chi connectivity index (χ3v) is 5.79. The van der Waals surface area contributed by atoms with Crippen LogP contribution in [0.3, 0.4) is 0 Å². The van der Waals surface area contributed by atoms with Crippen LogP contribution < -0.4 is 10.6 Å². The highest BCUT2D eigenvalue weighted by Gasteiger charge is 2.33. The predicted molar refractivity (Wildman–Crippen MR) is 92.5 cm³/mol. The molecule has 0 bridgehead atoms. The number of hydrogen-bond acceptors (Lipinski definition) is 3. The van der Waals surface area contributed by atoms with Crippen LogP contribution in [0.5, 0.6) is 0 Å². The molecule has 0 spiro atoms. The van der Waals surface area contributed by atoms with Gasteiger partial charge in [-0.1, -0.05) is 12.8 Å². The molecule has 2 N–H and O–H groups in total. The first-order chi connectivity index (χ1) is 10.6. The molecule has 0 aromatic rings. The molecule has 0 aromatic carbocycles. The van der Waals surface area contributed by atoms with E-state index in [1.165, 1.54) is 0 Å². The van der Waals surface area contributed by atoms with Gasteiger partial charge in [0.05, 0.1) is 0 Å². The number of likely N-dealkylation sites (tertiary alicyclic amines) is 1. The molecule has 1 aliphatic carbocycles. The second kappa shape index (κ2) is 8.34. The van der Waals surface area contributed by atoms with E-state index in [4.69, 9.17) is 0 Å². The predicted octanol–water partition coefficient (Wildman–Crippen LogP) is 1.56. The highest BCUT2D eigenvalue weighted by molar-refractivity contribution is 5.88. The molecule has 3 rings (SSSR count). The summed E-state index contributed by atoms with van der Waals surface area (Å²) >= 11 is 0. The van der Waals surface area contributed by atoms with Gasteiger partial charge >= 0.3 is 0 Å². The Bertz CT molecular complexity index is 412. The summed E-state index contributed by atoms with van der Waals surface area (Å²) in [7, 11) is 0. The highest BCUT2D eigenvalue weighted by Crippen LogP contribution is 2.27. The monoisotopic (exact) mass is 343 g/mol. The Morgan fingerprint density at radius 1 is 1.04 bits per heavy atom. The topological polar surface area (TPSA) is 61.4 Å². The van der Waals surface area contributed by atoms with Gasteiger partial charge in [-0.05, 0) is 57.5 Å². The van der Waals surface area contributed by atoms with Crippen LogP contribution in [0, 0.1) is 17.8 Å².